The number of hydrogen-bond donors (Lipinski definition) is 0. The summed E-state index contributed by atoms with van der Waals surface area (Å²) in [7, 11) is 0. The van der Waals surface area contributed by atoms with Crippen LogP contribution < -0.4 is 0 Å². The molecule has 0 aromatic heterocycles. The van der Waals surface area contributed by atoms with Crippen LogP contribution in [0.25, 0.3) is 0 Å². The van der Waals surface area contributed by atoms with Crippen molar-refractivity contribution in [2.24, 2.45) is 0 Å². The third-order valence-electron chi connectivity index (χ3n) is 0. The van der Waals surface area contributed by atoms with Crippen LogP contribution >= 0.6 is 0 Å². The molecular weight excluding hydrogens is 456 g/mol. The first-order valence-electron chi connectivity index (χ1n) is 0.123. The Bertz CT molecular complexity index is 17.7. The molecule has 0 aliphatic carbocycles. The van der Waals surface area contributed by atoms with Gasteiger partial charge in [-0.05, 0) is 0 Å². The van der Waals surface area contributed by atoms with Crippen molar-refractivity contribution in [1.82, 2.24) is 0 Å². The van der Waals surface area contributed by atoms with Gasteiger partial charge in [0.2, 0.25) is 0 Å². The predicted octanol–water partition coefficient (Wildman–Crippen LogP) is -0.280. The van der Waals surface area contributed by atoms with Gasteiger partial charge in [0.05, 0.1) is 0 Å². The van der Waals surface area contributed by atoms with Crippen LogP contribution in [0.2, 0.25) is 0 Å². The van der Waals surface area contributed by atoms with E-state index in [1.54, 1.807) is 0 Å². The third-order valence-corrected chi connectivity index (χ3v) is 0. The molecule has 0 amide bonds. The molecule has 0 N–H and O–H groups in total. The zero-order chi connectivity index (χ0) is 2.00. The molecule has 0 fully saturated rings. The molecule has 5 heavy (non-hydrogen) atoms. The molecule has 0 unspecified atom stereocenters. The smallest absolute Gasteiger partial charge is 0 e. The van der Waals surface area contributed by atoms with Crippen LogP contribution in [0.3, 0.4) is 0 Å². The van der Waals surface area contributed by atoms with Crippen molar-refractivity contribution in [3.05, 3.63) is 0 Å². The molecule has 0 aromatic rings. The van der Waals surface area contributed by atoms with E-state index in [-0.39, 0.29) is 125 Å². The Kier molecular flexibility index (Phi) is 109. The SMILES string of the molecule is [Ba+2].[H-].[H-].[O]=[Cu].[Sm].[Y]. The minimum absolute atomic E-state index is 0. The zero-order valence-corrected chi connectivity index (χ0v) is 13.2. The van der Waals surface area contributed by atoms with Gasteiger partial charge in [0.1, 0.15) is 0 Å². The molecule has 0 heterocycles. The Labute approximate surface area is 140 Å². The molecule has 5 heteroatoms. The van der Waals surface area contributed by atoms with E-state index in [0.29, 0.717) is 0 Å². The van der Waals surface area contributed by atoms with E-state index in [1.807, 2.05) is 0 Å². The van der Waals surface area contributed by atoms with Crippen LogP contribution in [-0.2, 0) is 52.5 Å². The van der Waals surface area contributed by atoms with E-state index < -0.39 is 0 Å². The van der Waals surface area contributed by atoms with Crippen molar-refractivity contribution >= 4 is 48.9 Å². The van der Waals surface area contributed by atoms with Gasteiger partial charge >= 0.3 is 68.7 Å². The first-order valence-corrected chi connectivity index (χ1v) is 0.508. The fourth-order valence-electron chi connectivity index (χ4n) is 0. The Morgan fingerprint density at radius 1 is 1.40 bits per heavy atom. The topological polar surface area (TPSA) is 17.1 Å². The summed E-state index contributed by atoms with van der Waals surface area (Å²) in [4.78, 5) is 0. The summed E-state index contributed by atoms with van der Waals surface area (Å²) in [6, 6.07) is 0. The Hall–Kier alpha value is 4.33. The Morgan fingerprint density at radius 2 is 1.40 bits per heavy atom. The standard InChI is InChI=1S/Ba.Cu.O.Sm.Y.2H/q+2;;;;;2*-1. The molecular formula is H2BaCuOSmY. The van der Waals surface area contributed by atoms with Crippen molar-refractivity contribution in [2.45, 2.75) is 0 Å². The molecule has 0 saturated carbocycles. The van der Waals surface area contributed by atoms with Crippen LogP contribution in [0, 0.1) is 40.4 Å². The van der Waals surface area contributed by atoms with E-state index in [4.69, 9.17) is 3.83 Å². The summed E-state index contributed by atoms with van der Waals surface area (Å²) < 4.78 is 7.81. The molecule has 0 aromatic carbocycles. The average molecular weight is 458 g/mol. The molecule has 30 valence electrons. The number of rotatable bonds is 0. The Balaban J connectivity index is -0.000000000500. The van der Waals surface area contributed by atoms with E-state index in [1.165, 1.54) is 0 Å². The second-order valence-corrected chi connectivity index (χ2v) is 0. The molecule has 0 rings (SSSR count). The largest absolute Gasteiger partial charge is 0 e. The van der Waals surface area contributed by atoms with Gasteiger partial charge < -0.3 is 2.85 Å². The molecule has 1 radical (unpaired) electrons. The quantitative estimate of drug-likeness (QED) is 0.457. The maximum atomic E-state index is 7.81. The fourth-order valence-corrected chi connectivity index (χ4v) is 0. The maximum Gasteiger partial charge on any atom is 0 e. The zero-order valence-electron chi connectivity index (χ0n) is 4.40. The van der Waals surface area contributed by atoms with Crippen molar-refractivity contribution in [1.29, 1.82) is 0 Å². The van der Waals surface area contributed by atoms with Crippen LogP contribution in [-0.4, -0.2) is 48.9 Å². The van der Waals surface area contributed by atoms with Crippen LogP contribution in [0.15, 0.2) is 0 Å². The molecule has 1 nitrogen and oxygen atoms in total. The van der Waals surface area contributed by atoms with E-state index >= 15 is 0 Å². The van der Waals surface area contributed by atoms with Gasteiger partial charge in [-0.3, -0.25) is 0 Å². The molecule has 0 aliphatic heterocycles. The minimum atomic E-state index is 0. The molecule has 0 aliphatic rings. The second kappa shape index (κ2) is 23.9. The summed E-state index contributed by atoms with van der Waals surface area (Å²) in [5.41, 5.74) is 0. The normalized spacial score (nSPS) is 1.20. The fraction of sp³-hybridized carbons (Fsp3) is 0. The molecule has 0 spiro atoms. The van der Waals surface area contributed by atoms with Crippen molar-refractivity contribution in [3.8, 4) is 0 Å². The second-order valence-electron chi connectivity index (χ2n) is 0. The molecule has 0 bridgehead atoms. The molecule has 0 atom stereocenters. The third kappa shape index (κ3) is 17.8. The monoisotopic (exact) mass is 460 g/mol. The predicted molar refractivity (Wildman–Crippen MR) is 8.66 cm³/mol. The van der Waals surface area contributed by atoms with E-state index in [0.717, 1.165) is 0 Å². The van der Waals surface area contributed by atoms with Crippen LogP contribution in [0.4, 0.5) is 0 Å². The average Bonchev–Trinajstić information content (AvgIpc) is 1.00. The van der Waals surface area contributed by atoms with Crippen LogP contribution in [0.5, 0.6) is 0 Å². The first-order chi connectivity index (χ1) is 1.00. The van der Waals surface area contributed by atoms with Crippen molar-refractivity contribution < 1.29 is 95.7 Å². The van der Waals surface area contributed by atoms with E-state index in [2.05, 4.69) is 15.9 Å². The van der Waals surface area contributed by atoms with Gasteiger partial charge in [0, 0.05) is 73.1 Å². The van der Waals surface area contributed by atoms with Gasteiger partial charge in [0.15, 0.2) is 0 Å². The maximum absolute atomic E-state index is 7.81. The van der Waals surface area contributed by atoms with Gasteiger partial charge in [-0.25, -0.2) is 0 Å². The summed E-state index contributed by atoms with van der Waals surface area (Å²) in [5, 5.41) is 0. The first kappa shape index (κ1) is 22.8. The van der Waals surface area contributed by atoms with Gasteiger partial charge in [-0.1, -0.05) is 0 Å². The van der Waals surface area contributed by atoms with Crippen LogP contribution in [0.1, 0.15) is 2.85 Å². The summed E-state index contributed by atoms with van der Waals surface area (Å²) in [6.07, 6.45) is 0. The van der Waals surface area contributed by atoms with Gasteiger partial charge in [0.25, 0.3) is 0 Å². The summed E-state index contributed by atoms with van der Waals surface area (Å²) in [6.45, 7) is 0. The van der Waals surface area contributed by atoms with E-state index in [9.17, 15) is 0 Å². The van der Waals surface area contributed by atoms with Gasteiger partial charge in [-0.2, -0.15) is 0 Å². The summed E-state index contributed by atoms with van der Waals surface area (Å²) >= 11 is 2.94. The van der Waals surface area contributed by atoms with Crippen molar-refractivity contribution in [2.75, 3.05) is 0 Å². The summed E-state index contributed by atoms with van der Waals surface area (Å²) in [5.74, 6) is 0. The van der Waals surface area contributed by atoms with Gasteiger partial charge in [-0.15, -0.1) is 0 Å². The molecule has 0 saturated heterocycles. The minimum Gasteiger partial charge on any atom is 0 e. The van der Waals surface area contributed by atoms with Crippen molar-refractivity contribution in [3.63, 3.8) is 0 Å². The Morgan fingerprint density at radius 3 is 1.40 bits per heavy atom. The number of hydrogen-bond acceptors (Lipinski definition) is 1.